The lowest BCUT2D eigenvalue weighted by Crippen LogP contribution is -2.29. The van der Waals surface area contributed by atoms with Crippen LogP contribution < -0.4 is 10.5 Å². The SMILES string of the molecule is Cc1nc2c3ccc4c(c3nc(N)n2n1)OC(F)(F)CC4. The highest BCUT2D eigenvalue weighted by molar-refractivity contribution is 5.96. The van der Waals surface area contributed by atoms with Crippen molar-refractivity contribution < 1.29 is 13.5 Å². The van der Waals surface area contributed by atoms with E-state index in [1.54, 1.807) is 19.1 Å². The lowest BCUT2D eigenvalue weighted by molar-refractivity contribution is -0.186. The third kappa shape index (κ3) is 1.71. The zero-order valence-corrected chi connectivity index (χ0v) is 11.1. The van der Waals surface area contributed by atoms with E-state index in [1.165, 1.54) is 4.52 Å². The maximum atomic E-state index is 13.5. The van der Waals surface area contributed by atoms with Gasteiger partial charge in [-0.05, 0) is 25.0 Å². The molecule has 1 aliphatic rings. The maximum Gasteiger partial charge on any atom is 0.398 e. The topological polar surface area (TPSA) is 78.3 Å². The number of fused-ring (bicyclic) bond motifs is 5. The van der Waals surface area contributed by atoms with E-state index in [-0.39, 0.29) is 24.5 Å². The van der Waals surface area contributed by atoms with Gasteiger partial charge in [-0.1, -0.05) is 6.07 Å². The van der Waals surface area contributed by atoms with Crippen molar-refractivity contribution in [1.82, 2.24) is 19.6 Å². The molecule has 3 heterocycles. The molecule has 0 saturated heterocycles. The van der Waals surface area contributed by atoms with Crippen molar-refractivity contribution >= 4 is 22.5 Å². The van der Waals surface area contributed by atoms with Gasteiger partial charge in [-0.2, -0.15) is 13.3 Å². The lowest BCUT2D eigenvalue weighted by Gasteiger charge is -2.25. The molecule has 1 aliphatic heterocycles. The maximum absolute atomic E-state index is 13.5. The third-order valence-corrected chi connectivity index (χ3v) is 3.55. The van der Waals surface area contributed by atoms with Crippen LogP contribution in [0, 0.1) is 6.92 Å². The summed E-state index contributed by atoms with van der Waals surface area (Å²) in [5.74, 6) is 0.697. The first-order valence-electron chi connectivity index (χ1n) is 6.46. The summed E-state index contributed by atoms with van der Waals surface area (Å²) in [4.78, 5) is 8.45. The molecule has 2 aromatic heterocycles. The van der Waals surface area contributed by atoms with Gasteiger partial charge >= 0.3 is 6.11 Å². The fourth-order valence-corrected chi connectivity index (χ4v) is 2.61. The van der Waals surface area contributed by atoms with Crippen molar-refractivity contribution in [1.29, 1.82) is 0 Å². The van der Waals surface area contributed by atoms with Gasteiger partial charge in [0.25, 0.3) is 0 Å². The third-order valence-electron chi connectivity index (χ3n) is 3.55. The largest absolute Gasteiger partial charge is 0.430 e. The number of benzene rings is 1. The minimum atomic E-state index is -3.19. The van der Waals surface area contributed by atoms with Gasteiger partial charge in [0.05, 0.1) is 6.42 Å². The Labute approximate surface area is 117 Å². The van der Waals surface area contributed by atoms with E-state index in [9.17, 15) is 8.78 Å². The van der Waals surface area contributed by atoms with Crippen LogP contribution in [0.25, 0.3) is 16.6 Å². The van der Waals surface area contributed by atoms with Crippen LogP contribution in [-0.4, -0.2) is 25.7 Å². The van der Waals surface area contributed by atoms with Crippen molar-refractivity contribution in [2.24, 2.45) is 0 Å². The molecule has 0 fully saturated rings. The quantitative estimate of drug-likeness (QED) is 0.686. The van der Waals surface area contributed by atoms with E-state index >= 15 is 0 Å². The van der Waals surface area contributed by atoms with E-state index in [2.05, 4.69) is 15.1 Å². The predicted molar refractivity (Wildman–Crippen MR) is 71.3 cm³/mol. The summed E-state index contributed by atoms with van der Waals surface area (Å²) in [7, 11) is 0. The molecule has 0 atom stereocenters. The summed E-state index contributed by atoms with van der Waals surface area (Å²) in [6.45, 7) is 1.72. The second-order valence-electron chi connectivity index (χ2n) is 5.05. The number of hydrogen-bond acceptors (Lipinski definition) is 5. The van der Waals surface area contributed by atoms with Gasteiger partial charge in [-0.15, -0.1) is 5.10 Å². The molecule has 0 aliphatic carbocycles. The fourth-order valence-electron chi connectivity index (χ4n) is 2.61. The number of ether oxygens (including phenoxy) is 1. The zero-order valence-electron chi connectivity index (χ0n) is 11.1. The number of nitrogen functional groups attached to an aromatic ring is 1. The lowest BCUT2D eigenvalue weighted by atomic mass is 10.0. The van der Waals surface area contributed by atoms with Gasteiger partial charge in [0, 0.05) is 5.39 Å². The molecule has 4 rings (SSSR count). The molecule has 2 N–H and O–H groups in total. The monoisotopic (exact) mass is 291 g/mol. The fraction of sp³-hybridized carbons (Fsp3) is 0.308. The minimum Gasteiger partial charge on any atom is -0.430 e. The van der Waals surface area contributed by atoms with Crippen LogP contribution >= 0.6 is 0 Å². The molecular weight excluding hydrogens is 280 g/mol. The van der Waals surface area contributed by atoms with E-state index in [1.807, 2.05) is 0 Å². The highest BCUT2D eigenvalue weighted by Gasteiger charge is 2.37. The molecule has 1 aromatic carbocycles. The van der Waals surface area contributed by atoms with Crippen LogP contribution in [0.1, 0.15) is 17.8 Å². The van der Waals surface area contributed by atoms with E-state index in [0.29, 0.717) is 27.9 Å². The van der Waals surface area contributed by atoms with Gasteiger partial charge in [0.1, 0.15) is 11.3 Å². The molecule has 0 bridgehead atoms. The van der Waals surface area contributed by atoms with Crippen LogP contribution in [0.15, 0.2) is 12.1 Å². The zero-order chi connectivity index (χ0) is 14.8. The number of nitrogens with two attached hydrogens (primary N) is 1. The number of hydrogen-bond donors (Lipinski definition) is 1. The van der Waals surface area contributed by atoms with Crippen molar-refractivity contribution in [3.63, 3.8) is 0 Å². The number of nitrogens with zero attached hydrogens (tertiary/aromatic N) is 4. The summed E-state index contributed by atoms with van der Waals surface area (Å²) in [6, 6.07) is 3.55. The summed E-state index contributed by atoms with van der Waals surface area (Å²) < 4.78 is 33.3. The average molecular weight is 291 g/mol. The molecule has 21 heavy (non-hydrogen) atoms. The second-order valence-corrected chi connectivity index (χ2v) is 5.05. The molecule has 0 unspecified atom stereocenters. The van der Waals surface area contributed by atoms with Crippen LogP contribution in [0.3, 0.4) is 0 Å². The Morgan fingerprint density at radius 3 is 2.95 bits per heavy atom. The van der Waals surface area contributed by atoms with Crippen molar-refractivity contribution in [3.05, 3.63) is 23.5 Å². The first-order chi connectivity index (χ1) is 9.94. The standard InChI is InChI=1S/C13H11F2N5O/c1-6-17-11-8-3-2-7-4-5-13(14,15)21-10(7)9(8)18-12(16)20(11)19-6/h2-3H,4-5H2,1H3,(H2,16,18). The highest BCUT2D eigenvalue weighted by atomic mass is 19.3. The Balaban J connectivity index is 2.11. The Hall–Kier alpha value is -2.51. The van der Waals surface area contributed by atoms with Crippen LogP contribution in [0.5, 0.6) is 5.75 Å². The molecule has 0 spiro atoms. The molecule has 108 valence electrons. The van der Waals surface area contributed by atoms with Gasteiger partial charge in [0.15, 0.2) is 11.4 Å². The predicted octanol–water partition coefficient (Wildman–Crippen LogP) is 2.09. The summed E-state index contributed by atoms with van der Waals surface area (Å²) >= 11 is 0. The molecule has 0 radical (unpaired) electrons. The number of alkyl halides is 2. The van der Waals surface area contributed by atoms with Crippen molar-refractivity contribution in [3.8, 4) is 5.75 Å². The minimum absolute atomic E-state index is 0.0820. The summed E-state index contributed by atoms with van der Waals surface area (Å²) in [5.41, 5.74) is 7.32. The van der Waals surface area contributed by atoms with E-state index < -0.39 is 6.11 Å². The molecule has 6 nitrogen and oxygen atoms in total. The van der Waals surface area contributed by atoms with Gasteiger partial charge in [-0.3, -0.25) is 0 Å². The van der Waals surface area contributed by atoms with Gasteiger partial charge < -0.3 is 10.5 Å². The van der Waals surface area contributed by atoms with Crippen LogP contribution in [-0.2, 0) is 6.42 Å². The van der Waals surface area contributed by atoms with Gasteiger partial charge in [0.2, 0.25) is 5.95 Å². The smallest absolute Gasteiger partial charge is 0.398 e. The van der Waals surface area contributed by atoms with Crippen LogP contribution in [0.2, 0.25) is 0 Å². The molecule has 3 aromatic rings. The number of anilines is 1. The Bertz CT molecular complexity index is 889. The number of halogens is 2. The first kappa shape index (κ1) is 12.2. The molecule has 8 heteroatoms. The molecule has 0 amide bonds. The Morgan fingerprint density at radius 2 is 2.14 bits per heavy atom. The average Bonchev–Trinajstić information content (AvgIpc) is 2.81. The normalized spacial score (nSPS) is 16.9. The first-order valence-corrected chi connectivity index (χ1v) is 6.46. The number of rotatable bonds is 0. The van der Waals surface area contributed by atoms with Gasteiger partial charge in [-0.25, -0.2) is 9.97 Å². The van der Waals surface area contributed by atoms with Crippen molar-refractivity contribution in [2.75, 3.05) is 5.73 Å². The van der Waals surface area contributed by atoms with Crippen LogP contribution in [0.4, 0.5) is 14.7 Å². The Morgan fingerprint density at radius 1 is 1.33 bits per heavy atom. The molecule has 0 saturated carbocycles. The highest BCUT2D eigenvalue weighted by Crippen LogP contribution is 2.40. The second kappa shape index (κ2) is 3.78. The summed E-state index contributed by atoms with van der Waals surface area (Å²) in [6.07, 6.45) is -3.29. The van der Waals surface area contributed by atoms with Crippen molar-refractivity contribution in [2.45, 2.75) is 25.9 Å². The van der Waals surface area contributed by atoms with E-state index in [4.69, 9.17) is 10.5 Å². The van der Waals surface area contributed by atoms with E-state index in [0.717, 1.165) is 0 Å². The Kier molecular flexibility index (Phi) is 2.20. The molecular formula is C13H11F2N5O. The number of aryl methyl sites for hydroxylation is 2. The number of aromatic nitrogens is 4. The summed E-state index contributed by atoms with van der Waals surface area (Å²) in [5, 5.41) is 4.72.